The molecule has 0 aromatic rings. The summed E-state index contributed by atoms with van der Waals surface area (Å²) in [6, 6.07) is 0.715. The van der Waals surface area contributed by atoms with E-state index in [1.807, 2.05) is 0 Å². The largest absolute Gasteiger partial charge is 0.465 e. The predicted octanol–water partition coefficient (Wildman–Crippen LogP) is 0.0218. The van der Waals surface area contributed by atoms with Crippen molar-refractivity contribution in [3.05, 3.63) is 0 Å². The second-order valence-corrected chi connectivity index (χ2v) is 8.24. The molecule has 0 aromatic heterocycles. The topological polar surface area (TPSA) is 76.7 Å². The van der Waals surface area contributed by atoms with Crippen LogP contribution in [0.2, 0.25) is 0 Å². The van der Waals surface area contributed by atoms with Gasteiger partial charge in [0.25, 0.3) is 0 Å². The minimum absolute atomic E-state index is 0.0452. The Hall–Kier alpha value is -0.790. The molecule has 4 aliphatic heterocycles. The number of fused-ring (bicyclic) bond motifs is 2. The summed E-state index contributed by atoms with van der Waals surface area (Å²) >= 11 is 1.66. The zero-order valence-corrected chi connectivity index (χ0v) is 14.0. The van der Waals surface area contributed by atoms with Crippen molar-refractivity contribution in [2.75, 3.05) is 37.8 Å². The minimum atomic E-state index is -0.0452. The second kappa shape index (κ2) is 6.61. The van der Waals surface area contributed by atoms with Crippen LogP contribution in [0.15, 0.2) is 0 Å². The van der Waals surface area contributed by atoms with Gasteiger partial charge in [0, 0.05) is 23.6 Å². The Kier molecular flexibility index (Phi) is 4.52. The lowest BCUT2D eigenvalue weighted by molar-refractivity contribution is -0.153. The Morgan fingerprint density at radius 3 is 1.70 bits per heavy atom. The summed E-state index contributed by atoms with van der Waals surface area (Å²) in [5, 5.41) is 6.65. The molecule has 0 spiro atoms. The van der Waals surface area contributed by atoms with Crippen molar-refractivity contribution in [3.8, 4) is 0 Å². The third-order valence-electron chi connectivity index (χ3n) is 5.77. The molecule has 0 amide bonds. The lowest BCUT2D eigenvalue weighted by Crippen LogP contribution is -2.43. The van der Waals surface area contributed by atoms with E-state index in [0.29, 0.717) is 37.1 Å². The molecule has 6 atom stereocenters. The van der Waals surface area contributed by atoms with E-state index >= 15 is 0 Å². The molecule has 6 rings (SSSR count). The second-order valence-electron chi connectivity index (χ2n) is 7.02. The van der Waals surface area contributed by atoms with Gasteiger partial charge in [-0.15, -0.1) is 0 Å². The van der Waals surface area contributed by atoms with Gasteiger partial charge in [-0.25, -0.2) is 0 Å². The highest BCUT2D eigenvalue weighted by atomic mass is 32.2. The molecule has 4 heterocycles. The van der Waals surface area contributed by atoms with Crippen molar-refractivity contribution in [2.45, 2.75) is 24.9 Å². The Morgan fingerprint density at radius 1 is 0.870 bits per heavy atom. The van der Waals surface area contributed by atoms with E-state index in [2.05, 4.69) is 10.6 Å². The molecule has 0 radical (unpaired) electrons. The Balaban J connectivity index is 1.02. The van der Waals surface area contributed by atoms with Gasteiger partial charge < -0.3 is 20.1 Å². The predicted molar refractivity (Wildman–Crippen MR) is 86.0 cm³/mol. The summed E-state index contributed by atoms with van der Waals surface area (Å²) in [6.45, 7) is 2.82. The van der Waals surface area contributed by atoms with Gasteiger partial charge in [0.1, 0.15) is 13.2 Å². The molecule has 6 aliphatic rings. The van der Waals surface area contributed by atoms with Gasteiger partial charge in [0.05, 0.1) is 11.8 Å². The quantitative estimate of drug-likeness (QED) is 0.476. The number of thioether (sulfide) groups is 1. The molecule has 4 saturated heterocycles. The molecular weight excluding hydrogens is 316 g/mol. The maximum Gasteiger partial charge on any atom is 0.310 e. The maximum atomic E-state index is 11.9. The standard InChI is InChI=1S/C16H24N2O4S/c19-15(13-9-5-11(13)17-7-9)21-1-3-23-4-2-22-16(20)14-10-6-12(14)18-8-10/h9-14,17-18H,1-8H2. The van der Waals surface area contributed by atoms with Crippen LogP contribution >= 0.6 is 11.8 Å². The van der Waals surface area contributed by atoms with Crippen molar-refractivity contribution in [1.82, 2.24) is 10.6 Å². The highest BCUT2D eigenvalue weighted by Crippen LogP contribution is 2.41. The number of nitrogens with one attached hydrogen (secondary N) is 2. The number of carbonyl (C=O) groups is 2. The minimum Gasteiger partial charge on any atom is -0.465 e. The van der Waals surface area contributed by atoms with Crippen LogP contribution in [0.1, 0.15) is 12.8 Å². The lowest BCUT2D eigenvalue weighted by Gasteiger charge is -2.32. The zero-order valence-electron chi connectivity index (χ0n) is 13.2. The number of ether oxygens (including phenoxy) is 2. The van der Waals surface area contributed by atoms with E-state index < -0.39 is 0 Å². The van der Waals surface area contributed by atoms with Crippen LogP contribution in [0.4, 0.5) is 0 Å². The molecule has 128 valence electrons. The maximum absolute atomic E-state index is 11.9. The molecule has 23 heavy (non-hydrogen) atoms. The van der Waals surface area contributed by atoms with Gasteiger partial charge in [-0.2, -0.15) is 11.8 Å². The first-order valence-electron chi connectivity index (χ1n) is 8.62. The Bertz CT molecular complexity index is 419. The monoisotopic (exact) mass is 340 g/mol. The summed E-state index contributed by atoms with van der Waals surface area (Å²) in [5.41, 5.74) is 0. The first-order valence-corrected chi connectivity index (χ1v) is 9.77. The average molecular weight is 340 g/mol. The van der Waals surface area contributed by atoms with E-state index in [9.17, 15) is 9.59 Å². The SMILES string of the molecule is O=C(OCCSCCOC(=O)C1C2CNC1C2)C1C2CNC1C2. The summed E-state index contributed by atoms with van der Waals surface area (Å²) < 4.78 is 10.7. The number of esters is 2. The number of carbonyl (C=O) groups excluding carboxylic acids is 2. The van der Waals surface area contributed by atoms with Crippen molar-refractivity contribution in [2.24, 2.45) is 23.7 Å². The molecule has 2 saturated carbocycles. The fraction of sp³-hybridized carbons (Fsp3) is 0.875. The van der Waals surface area contributed by atoms with Crippen molar-refractivity contribution >= 4 is 23.7 Å². The van der Waals surface area contributed by atoms with Crippen molar-refractivity contribution in [1.29, 1.82) is 0 Å². The van der Waals surface area contributed by atoms with E-state index in [1.165, 1.54) is 0 Å². The van der Waals surface area contributed by atoms with Crippen LogP contribution in [-0.4, -0.2) is 61.8 Å². The van der Waals surface area contributed by atoms with Gasteiger partial charge >= 0.3 is 11.9 Å². The van der Waals surface area contributed by atoms with Crippen LogP contribution in [0.5, 0.6) is 0 Å². The highest BCUT2D eigenvalue weighted by molar-refractivity contribution is 7.99. The van der Waals surface area contributed by atoms with Crippen LogP contribution in [-0.2, 0) is 19.1 Å². The van der Waals surface area contributed by atoms with Crippen LogP contribution in [0.25, 0.3) is 0 Å². The molecule has 6 fully saturated rings. The summed E-state index contributed by atoms with van der Waals surface area (Å²) in [5.74, 6) is 2.60. The summed E-state index contributed by atoms with van der Waals surface area (Å²) in [7, 11) is 0. The smallest absolute Gasteiger partial charge is 0.310 e. The first-order chi connectivity index (χ1) is 11.2. The van der Waals surface area contributed by atoms with E-state index in [1.54, 1.807) is 11.8 Å². The molecule has 2 N–H and O–H groups in total. The summed E-state index contributed by atoms with van der Waals surface area (Å²) in [6.07, 6.45) is 2.25. The average Bonchev–Trinajstić information content (AvgIpc) is 3.24. The zero-order chi connectivity index (χ0) is 15.8. The van der Waals surface area contributed by atoms with Crippen molar-refractivity contribution < 1.29 is 19.1 Å². The highest BCUT2D eigenvalue weighted by Gasteiger charge is 2.52. The van der Waals surface area contributed by atoms with E-state index in [-0.39, 0.29) is 23.8 Å². The fourth-order valence-corrected chi connectivity index (χ4v) is 4.97. The molecule has 2 aliphatic carbocycles. The normalized spacial score (nSPS) is 39.5. The first kappa shape index (κ1) is 15.7. The van der Waals surface area contributed by atoms with Crippen LogP contribution in [0.3, 0.4) is 0 Å². The Morgan fingerprint density at radius 2 is 1.35 bits per heavy atom. The van der Waals surface area contributed by atoms with E-state index in [0.717, 1.165) is 37.4 Å². The molecule has 7 heteroatoms. The van der Waals surface area contributed by atoms with Gasteiger partial charge in [0.2, 0.25) is 0 Å². The lowest BCUT2D eigenvalue weighted by atomic mass is 9.74. The van der Waals surface area contributed by atoms with Crippen LogP contribution < -0.4 is 10.6 Å². The van der Waals surface area contributed by atoms with Gasteiger partial charge in [-0.05, 0) is 37.8 Å². The summed E-state index contributed by atoms with van der Waals surface area (Å²) in [4.78, 5) is 23.8. The van der Waals surface area contributed by atoms with Crippen molar-refractivity contribution in [3.63, 3.8) is 0 Å². The third kappa shape index (κ3) is 2.98. The van der Waals surface area contributed by atoms with Gasteiger partial charge in [-0.3, -0.25) is 9.59 Å². The molecular formula is C16H24N2O4S. The fourth-order valence-electron chi connectivity index (χ4n) is 4.36. The number of hydrogen-bond acceptors (Lipinski definition) is 7. The third-order valence-corrected chi connectivity index (χ3v) is 6.68. The van der Waals surface area contributed by atoms with E-state index in [4.69, 9.17) is 9.47 Å². The van der Waals surface area contributed by atoms with Gasteiger partial charge in [0.15, 0.2) is 0 Å². The van der Waals surface area contributed by atoms with Gasteiger partial charge in [-0.1, -0.05) is 0 Å². The number of hydrogen-bond donors (Lipinski definition) is 2. The molecule has 6 unspecified atom stereocenters. The van der Waals surface area contributed by atoms with Crippen LogP contribution in [0, 0.1) is 23.7 Å². The molecule has 6 nitrogen and oxygen atoms in total. The molecule has 4 bridgehead atoms. The molecule has 0 aromatic carbocycles. The Labute approximate surface area is 140 Å². The number of rotatable bonds is 8.